The van der Waals surface area contributed by atoms with Gasteiger partial charge in [0, 0.05) is 11.3 Å². The Morgan fingerprint density at radius 3 is 2.24 bits per heavy atom. The molecule has 0 aliphatic carbocycles. The Morgan fingerprint density at radius 2 is 1.62 bits per heavy atom. The maximum Gasteiger partial charge on any atom is 0.255 e. The normalized spacial score (nSPS) is 11.0. The first kappa shape index (κ1) is 20.4. The van der Waals surface area contributed by atoms with Crippen molar-refractivity contribution in [3.05, 3.63) is 77.9 Å². The van der Waals surface area contributed by atoms with E-state index >= 15 is 0 Å². The number of hydrogen-bond donors (Lipinski definition) is 2. The van der Waals surface area contributed by atoms with Crippen molar-refractivity contribution in [2.75, 3.05) is 12.4 Å². The molecule has 8 heteroatoms. The molecule has 0 aliphatic heterocycles. The van der Waals surface area contributed by atoms with Crippen molar-refractivity contribution in [1.82, 2.24) is 0 Å². The maximum atomic E-state index is 12.6. The van der Waals surface area contributed by atoms with Crippen LogP contribution < -0.4 is 19.9 Å². The molecule has 3 rings (SSSR count). The topological polar surface area (TPSA) is 108 Å². The second-order valence-electron chi connectivity index (χ2n) is 6.25. The van der Waals surface area contributed by atoms with Gasteiger partial charge in [-0.05, 0) is 61.0 Å². The third-order valence-electron chi connectivity index (χ3n) is 4.19. The number of benzene rings is 3. The average molecular weight is 412 g/mol. The fourth-order valence-electron chi connectivity index (χ4n) is 2.66. The predicted molar refractivity (Wildman–Crippen MR) is 110 cm³/mol. The van der Waals surface area contributed by atoms with Gasteiger partial charge in [-0.2, -0.15) is 0 Å². The minimum atomic E-state index is -3.90. The highest BCUT2D eigenvalue weighted by atomic mass is 32.2. The molecule has 1 amide bonds. The van der Waals surface area contributed by atoms with E-state index < -0.39 is 15.9 Å². The van der Waals surface area contributed by atoms with Crippen LogP contribution in [0.4, 0.5) is 5.69 Å². The third-order valence-corrected chi connectivity index (χ3v) is 5.10. The average Bonchev–Trinajstić information content (AvgIpc) is 2.69. The molecule has 0 spiro atoms. The van der Waals surface area contributed by atoms with Crippen LogP contribution in [0.3, 0.4) is 0 Å². The zero-order valence-electron chi connectivity index (χ0n) is 15.9. The van der Waals surface area contributed by atoms with Gasteiger partial charge in [0.05, 0.1) is 12.0 Å². The Balaban J connectivity index is 1.75. The monoisotopic (exact) mass is 412 g/mol. The molecular weight excluding hydrogens is 392 g/mol. The lowest BCUT2D eigenvalue weighted by atomic mass is 10.1. The summed E-state index contributed by atoms with van der Waals surface area (Å²) >= 11 is 0. The SMILES string of the molecule is COc1ccccc1Oc1ccc(NC(=O)c2cc(S(N)(=O)=O)ccc2C)cc1. The first-order valence-electron chi connectivity index (χ1n) is 8.63. The highest BCUT2D eigenvalue weighted by Gasteiger charge is 2.15. The predicted octanol–water partition coefficient (Wildman–Crippen LogP) is 3.70. The van der Waals surface area contributed by atoms with Gasteiger partial charge in [0.25, 0.3) is 5.91 Å². The Labute approximate surface area is 169 Å². The first-order valence-corrected chi connectivity index (χ1v) is 10.2. The Bertz CT molecular complexity index is 1140. The van der Waals surface area contributed by atoms with Crippen molar-refractivity contribution in [3.8, 4) is 17.2 Å². The number of nitrogens with two attached hydrogens (primary N) is 1. The second kappa shape index (κ2) is 8.34. The number of nitrogens with one attached hydrogen (secondary N) is 1. The molecule has 3 aromatic carbocycles. The van der Waals surface area contributed by atoms with E-state index in [-0.39, 0.29) is 10.5 Å². The first-order chi connectivity index (χ1) is 13.8. The summed E-state index contributed by atoms with van der Waals surface area (Å²) in [5.74, 6) is 1.31. The highest BCUT2D eigenvalue weighted by molar-refractivity contribution is 7.89. The molecule has 150 valence electrons. The molecule has 0 atom stereocenters. The van der Waals surface area contributed by atoms with Gasteiger partial charge in [0.1, 0.15) is 5.75 Å². The molecule has 0 aliphatic rings. The fraction of sp³-hybridized carbons (Fsp3) is 0.0952. The van der Waals surface area contributed by atoms with E-state index in [4.69, 9.17) is 14.6 Å². The number of hydrogen-bond acceptors (Lipinski definition) is 5. The van der Waals surface area contributed by atoms with E-state index in [0.29, 0.717) is 28.5 Å². The van der Waals surface area contributed by atoms with Crippen molar-refractivity contribution in [1.29, 1.82) is 0 Å². The highest BCUT2D eigenvalue weighted by Crippen LogP contribution is 2.31. The van der Waals surface area contributed by atoms with Gasteiger partial charge in [-0.25, -0.2) is 13.6 Å². The lowest BCUT2D eigenvalue weighted by molar-refractivity contribution is 0.102. The summed E-state index contributed by atoms with van der Waals surface area (Å²) in [6.07, 6.45) is 0. The van der Waals surface area contributed by atoms with Crippen LogP contribution in [0.25, 0.3) is 0 Å². The van der Waals surface area contributed by atoms with E-state index in [1.54, 1.807) is 56.5 Å². The van der Waals surface area contributed by atoms with Gasteiger partial charge in [0.15, 0.2) is 11.5 Å². The minimum Gasteiger partial charge on any atom is -0.493 e. The molecule has 7 nitrogen and oxygen atoms in total. The van der Waals surface area contributed by atoms with Crippen LogP contribution in [0.5, 0.6) is 17.2 Å². The van der Waals surface area contributed by atoms with Crippen LogP contribution in [0.1, 0.15) is 15.9 Å². The van der Waals surface area contributed by atoms with E-state index in [1.165, 1.54) is 12.1 Å². The number of rotatable bonds is 6. The number of sulfonamides is 1. The molecule has 3 N–H and O–H groups in total. The number of anilines is 1. The third kappa shape index (κ3) is 4.92. The van der Waals surface area contributed by atoms with E-state index in [2.05, 4.69) is 5.32 Å². The van der Waals surface area contributed by atoms with Crippen LogP contribution in [0.15, 0.2) is 71.6 Å². The number of aryl methyl sites for hydroxylation is 1. The van der Waals surface area contributed by atoms with Crippen molar-refractivity contribution in [3.63, 3.8) is 0 Å². The molecule has 0 radical (unpaired) electrons. The van der Waals surface area contributed by atoms with Crippen molar-refractivity contribution >= 4 is 21.6 Å². The van der Waals surface area contributed by atoms with E-state index in [9.17, 15) is 13.2 Å². The standard InChI is InChI=1S/C21H20N2O5S/c1-14-7-12-17(29(22,25)26)13-18(14)21(24)23-15-8-10-16(11-9-15)28-20-6-4-3-5-19(20)27-2/h3-13H,1-2H3,(H,23,24)(H2,22,25,26). The van der Waals surface area contributed by atoms with Gasteiger partial charge < -0.3 is 14.8 Å². The Morgan fingerprint density at radius 1 is 0.966 bits per heavy atom. The number of amides is 1. The largest absolute Gasteiger partial charge is 0.493 e. The summed E-state index contributed by atoms with van der Waals surface area (Å²) in [4.78, 5) is 12.5. The van der Waals surface area contributed by atoms with Gasteiger partial charge in [-0.3, -0.25) is 4.79 Å². The Hall–Kier alpha value is -3.36. The zero-order chi connectivity index (χ0) is 21.0. The number of carbonyl (C=O) groups is 1. The molecule has 0 fully saturated rings. The quantitative estimate of drug-likeness (QED) is 0.642. The van der Waals surface area contributed by atoms with Crippen LogP contribution in [-0.4, -0.2) is 21.4 Å². The number of carbonyl (C=O) groups excluding carboxylic acids is 1. The molecule has 29 heavy (non-hydrogen) atoms. The van der Waals surface area contributed by atoms with Crippen LogP contribution in [0, 0.1) is 6.92 Å². The molecule has 0 saturated heterocycles. The summed E-state index contributed by atoms with van der Waals surface area (Å²) < 4.78 is 34.1. The van der Waals surface area contributed by atoms with Gasteiger partial charge in [-0.15, -0.1) is 0 Å². The number of primary sulfonamides is 1. The maximum absolute atomic E-state index is 12.6. The zero-order valence-corrected chi connectivity index (χ0v) is 16.7. The summed E-state index contributed by atoms with van der Waals surface area (Å²) in [6.45, 7) is 1.71. The molecular formula is C21H20N2O5S. The molecule has 0 bridgehead atoms. The smallest absolute Gasteiger partial charge is 0.255 e. The second-order valence-corrected chi connectivity index (χ2v) is 7.81. The van der Waals surface area contributed by atoms with E-state index in [1.807, 2.05) is 12.1 Å². The number of methoxy groups -OCH3 is 1. The van der Waals surface area contributed by atoms with Crippen LogP contribution >= 0.6 is 0 Å². The van der Waals surface area contributed by atoms with Crippen molar-refractivity contribution < 1.29 is 22.7 Å². The molecule has 0 aromatic heterocycles. The van der Waals surface area contributed by atoms with Crippen LogP contribution in [0.2, 0.25) is 0 Å². The Kier molecular flexibility index (Phi) is 5.86. The van der Waals surface area contributed by atoms with Crippen molar-refractivity contribution in [2.24, 2.45) is 5.14 Å². The van der Waals surface area contributed by atoms with Gasteiger partial charge in [0.2, 0.25) is 10.0 Å². The summed E-state index contributed by atoms with van der Waals surface area (Å²) in [5, 5.41) is 7.88. The van der Waals surface area contributed by atoms with E-state index in [0.717, 1.165) is 0 Å². The summed E-state index contributed by atoms with van der Waals surface area (Å²) in [7, 11) is -2.33. The van der Waals surface area contributed by atoms with Gasteiger partial charge in [-0.1, -0.05) is 18.2 Å². The minimum absolute atomic E-state index is 0.117. The molecule has 3 aromatic rings. The summed E-state index contributed by atoms with van der Waals surface area (Å²) in [5.41, 5.74) is 1.39. The number of para-hydroxylation sites is 2. The summed E-state index contributed by atoms with van der Waals surface area (Å²) in [6, 6.07) is 18.2. The van der Waals surface area contributed by atoms with Crippen LogP contribution in [-0.2, 0) is 10.0 Å². The van der Waals surface area contributed by atoms with Gasteiger partial charge >= 0.3 is 0 Å². The molecule has 0 unspecified atom stereocenters. The fourth-order valence-corrected chi connectivity index (χ4v) is 3.20. The molecule has 0 saturated carbocycles. The lowest BCUT2D eigenvalue weighted by Gasteiger charge is -2.11. The lowest BCUT2D eigenvalue weighted by Crippen LogP contribution is -2.17. The number of ether oxygens (including phenoxy) is 2. The molecule has 0 heterocycles. The van der Waals surface area contributed by atoms with Crippen molar-refractivity contribution in [2.45, 2.75) is 11.8 Å².